The van der Waals surface area contributed by atoms with Gasteiger partial charge in [-0.05, 0) is 40.6 Å². The Labute approximate surface area is 207 Å². The SMILES string of the molecule is COc1ccccc1N1C(=O)/C(=C/c2c(OCc3ccccc3)ccc3ccccc23)SC1=S. The highest BCUT2D eigenvalue weighted by Gasteiger charge is 2.35. The van der Waals surface area contributed by atoms with Crippen molar-refractivity contribution in [2.75, 3.05) is 12.0 Å². The van der Waals surface area contributed by atoms with Crippen LogP contribution in [0.15, 0.2) is 95.9 Å². The Kier molecular flexibility index (Phi) is 6.34. The van der Waals surface area contributed by atoms with Crippen LogP contribution in [0.2, 0.25) is 0 Å². The van der Waals surface area contributed by atoms with Gasteiger partial charge in [-0.2, -0.15) is 0 Å². The molecule has 0 aliphatic carbocycles. The van der Waals surface area contributed by atoms with Crippen molar-refractivity contribution in [2.24, 2.45) is 0 Å². The van der Waals surface area contributed by atoms with Gasteiger partial charge < -0.3 is 9.47 Å². The monoisotopic (exact) mass is 483 g/mol. The van der Waals surface area contributed by atoms with Crippen LogP contribution in [0.3, 0.4) is 0 Å². The van der Waals surface area contributed by atoms with Gasteiger partial charge in [0.25, 0.3) is 5.91 Å². The third-order valence-electron chi connectivity index (χ3n) is 5.56. The number of thiocarbonyl (C=S) groups is 1. The van der Waals surface area contributed by atoms with Crippen LogP contribution in [0.5, 0.6) is 11.5 Å². The highest BCUT2D eigenvalue weighted by molar-refractivity contribution is 8.27. The average Bonchev–Trinajstić information content (AvgIpc) is 3.16. The van der Waals surface area contributed by atoms with Crippen LogP contribution in [0.1, 0.15) is 11.1 Å². The van der Waals surface area contributed by atoms with E-state index >= 15 is 0 Å². The highest BCUT2D eigenvalue weighted by atomic mass is 32.2. The normalized spacial score (nSPS) is 14.7. The van der Waals surface area contributed by atoms with Crippen LogP contribution in [0.25, 0.3) is 16.8 Å². The summed E-state index contributed by atoms with van der Waals surface area (Å²) >= 11 is 6.86. The van der Waals surface area contributed by atoms with Gasteiger partial charge in [0.05, 0.1) is 17.7 Å². The molecule has 0 bridgehead atoms. The fourth-order valence-corrected chi connectivity index (χ4v) is 5.17. The van der Waals surface area contributed by atoms with Gasteiger partial charge in [0.1, 0.15) is 18.1 Å². The van der Waals surface area contributed by atoms with E-state index < -0.39 is 0 Å². The lowest BCUT2D eigenvalue weighted by molar-refractivity contribution is -0.113. The number of ether oxygens (including phenoxy) is 2. The molecule has 1 aliphatic rings. The maximum atomic E-state index is 13.5. The van der Waals surface area contributed by atoms with Crippen LogP contribution in [-0.2, 0) is 11.4 Å². The Bertz CT molecular complexity index is 1420. The van der Waals surface area contributed by atoms with E-state index in [4.69, 9.17) is 21.7 Å². The van der Waals surface area contributed by atoms with Crippen LogP contribution in [0, 0.1) is 0 Å². The molecule has 4 aromatic rings. The zero-order valence-corrected chi connectivity index (χ0v) is 20.1. The number of benzene rings is 4. The average molecular weight is 484 g/mol. The number of thioether (sulfide) groups is 1. The minimum absolute atomic E-state index is 0.179. The van der Waals surface area contributed by atoms with Gasteiger partial charge in [-0.25, -0.2) is 0 Å². The third-order valence-corrected chi connectivity index (χ3v) is 6.87. The maximum Gasteiger partial charge on any atom is 0.270 e. The first-order valence-electron chi connectivity index (χ1n) is 10.7. The summed E-state index contributed by atoms with van der Waals surface area (Å²) in [4.78, 5) is 15.5. The molecule has 5 rings (SSSR count). The Hall–Kier alpha value is -3.61. The smallest absolute Gasteiger partial charge is 0.270 e. The summed E-state index contributed by atoms with van der Waals surface area (Å²) in [6.07, 6.45) is 1.89. The fraction of sp³-hybridized carbons (Fsp3) is 0.0714. The van der Waals surface area contributed by atoms with E-state index in [0.717, 1.165) is 21.9 Å². The van der Waals surface area contributed by atoms with Crippen LogP contribution in [-0.4, -0.2) is 17.3 Å². The first-order chi connectivity index (χ1) is 16.7. The minimum atomic E-state index is -0.179. The first-order valence-corrected chi connectivity index (χ1v) is 12.0. The molecular weight excluding hydrogens is 462 g/mol. The van der Waals surface area contributed by atoms with Crippen LogP contribution < -0.4 is 14.4 Å². The topological polar surface area (TPSA) is 38.8 Å². The zero-order valence-electron chi connectivity index (χ0n) is 18.4. The molecule has 0 unspecified atom stereocenters. The minimum Gasteiger partial charge on any atom is -0.495 e. The molecule has 4 aromatic carbocycles. The van der Waals surface area contributed by atoms with E-state index in [1.165, 1.54) is 16.7 Å². The second-order valence-electron chi connectivity index (χ2n) is 7.66. The number of methoxy groups -OCH3 is 1. The quantitative estimate of drug-likeness (QED) is 0.222. The molecular formula is C28H21NO3S2. The van der Waals surface area contributed by atoms with Gasteiger partial charge in [0.15, 0.2) is 4.32 Å². The summed E-state index contributed by atoms with van der Waals surface area (Å²) < 4.78 is 12.1. The summed E-state index contributed by atoms with van der Waals surface area (Å²) in [7, 11) is 1.58. The van der Waals surface area contributed by atoms with Crippen molar-refractivity contribution in [3.05, 3.63) is 107 Å². The van der Waals surface area contributed by atoms with E-state index in [-0.39, 0.29) is 5.91 Å². The molecule has 168 valence electrons. The van der Waals surface area contributed by atoms with E-state index in [1.54, 1.807) is 7.11 Å². The number of nitrogens with zero attached hydrogens (tertiary/aromatic N) is 1. The molecule has 1 saturated heterocycles. The van der Waals surface area contributed by atoms with Crippen molar-refractivity contribution in [1.29, 1.82) is 0 Å². The maximum absolute atomic E-state index is 13.5. The number of hydrogen-bond acceptors (Lipinski definition) is 5. The molecule has 0 saturated carbocycles. The van der Waals surface area contributed by atoms with Gasteiger partial charge in [-0.3, -0.25) is 9.69 Å². The van der Waals surface area contributed by atoms with E-state index in [2.05, 4.69) is 0 Å². The summed E-state index contributed by atoms with van der Waals surface area (Å²) in [5.41, 5.74) is 2.56. The van der Waals surface area contributed by atoms with E-state index in [9.17, 15) is 4.79 Å². The molecule has 0 radical (unpaired) electrons. The number of anilines is 1. The largest absolute Gasteiger partial charge is 0.495 e. The predicted octanol–water partition coefficient (Wildman–Crippen LogP) is 6.83. The standard InChI is InChI=1S/C28H21NO3S2/c1-31-25-14-8-7-13-23(25)29-27(30)26(34-28(29)33)17-22-21-12-6-5-11-20(21)15-16-24(22)32-18-19-9-3-2-4-10-19/h2-17H,18H2,1H3/b26-17-. The van der Waals surface area contributed by atoms with Gasteiger partial charge in [0.2, 0.25) is 0 Å². The number of hydrogen-bond donors (Lipinski definition) is 0. The molecule has 0 aromatic heterocycles. The summed E-state index contributed by atoms with van der Waals surface area (Å²) in [5.74, 6) is 1.13. The molecule has 0 atom stereocenters. The van der Waals surface area contributed by atoms with Crippen molar-refractivity contribution in [3.63, 3.8) is 0 Å². The number of carbonyl (C=O) groups excluding carboxylic acids is 1. The summed E-state index contributed by atoms with van der Waals surface area (Å²) in [5, 5.41) is 2.08. The second kappa shape index (κ2) is 9.71. The molecule has 0 N–H and O–H groups in total. The number of para-hydroxylation sites is 2. The molecule has 1 heterocycles. The molecule has 1 fully saturated rings. The zero-order chi connectivity index (χ0) is 23.5. The number of carbonyl (C=O) groups is 1. The molecule has 6 heteroatoms. The molecule has 0 spiro atoms. The van der Waals surface area contributed by atoms with E-state index in [0.29, 0.717) is 33.0 Å². The molecule has 1 aliphatic heterocycles. The lowest BCUT2D eigenvalue weighted by Crippen LogP contribution is -2.27. The van der Waals surface area contributed by atoms with Gasteiger partial charge in [-0.1, -0.05) is 96.8 Å². The van der Waals surface area contributed by atoms with Crippen molar-refractivity contribution >= 4 is 56.7 Å². The summed E-state index contributed by atoms with van der Waals surface area (Å²) in [6.45, 7) is 0.433. The molecule has 4 nitrogen and oxygen atoms in total. The van der Waals surface area contributed by atoms with Crippen molar-refractivity contribution in [3.8, 4) is 11.5 Å². The molecule has 34 heavy (non-hydrogen) atoms. The predicted molar refractivity (Wildman–Crippen MR) is 143 cm³/mol. The highest BCUT2D eigenvalue weighted by Crippen LogP contribution is 2.41. The second-order valence-corrected chi connectivity index (χ2v) is 9.34. The Morgan fingerprint density at radius 2 is 1.62 bits per heavy atom. The Morgan fingerprint density at radius 1 is 0.882 bits per heavy atom. The molecule has 1 amide bonds. The summed E-state index contributed by atoms with van der Waals surface area (Å²) in [6, 6.07) is 29.5. The number of fused-ring (bicyclic) bond motifs is 1. The number of amides is 1. The third kappa shape index (κ3) is 4.30. The first kappa shape index (κ1) is 22.2. The fourth-order valence-electron chi connectivity index (χ4n) is 3.91. The van der Waals surface area contributed by atoms with Crippen molar-refractivity contribution < 1.29 is 14.3 Å². The van der Waals surface area contributed by atoms with Gasteiger partial charge in [-0.15, -0.1) is 0 Å². The Morgan fingerprint density at radius 3 is 2.44 bits per heavy atom. The van der Waals surface area contributed by atoms with E-state index in [1.807, 2.05) is 97.1 Å². The van der Waals surface area contributed by atoms with Gasteiger partial charge in [0, 0.05) is 5.56 Å². The number of rotatable bonds is 6. The lowest BCUT2D eigenvalue weighted by Gasteiger charge is -2.17. The van der Waals surface area contributed by atoms with Crippen molar-refractivity contribution in [1.82, 2.24) is 0 Å². The Balaban J connectivity index is 1.55. The van der Waals surface area contributed by atoms with Crippen LogP contribution in [0.4, 0.5) is 5.69 Å². The van der Waals surface area contributed by atoms with Gasteiger partial charge >= 0.3 is 0 Å². The van der Waals surface area contributed by atoms with Crippen LogP contribution >= 0.6 is 24.0 Å². The van der Waals surface area contributed by atoms with Crippen molar-refractivity contribution in [2.45, 2.75) is 6.61 Å². The lowest BCUT2D eigenvalue weighted by atomic mass is 10.0.